The van der Waals surface area contributed by atoms with Crippen molar-refractivity contribution in [2.75, 3.05) is 6.54 Å². The van der Waals surface area contributed by atoms with Gasteiger partial charge in [0.1, 0.15) is 11.6 Å². The Balaban J connectivity index is 2.46. The molecule has 1 fully saturated rings. The first-order chi connectivity index (χ1) is 6.20. The molecule has 1 aliphatic rings. The fourth-order valence-corrected chi connectivity index (χ4v) is 1.56. The second-order valence-corrected chi connectivity index (χ2v) is 3.46. The van der Waals surface area contributed by atoms with Gasteiger partial charge in [0, 0.05) is 11.6 Å². The van der Waals surface area contributed by atoms with Crippen molar-refractivity contribution in [3.63, 3.8) is 0 Å². The molecule has 1 aromatic carbocycles. The lowest BCUT2D eigenvalue weighted by Crippen LogP contribution is -2.36. The molecular formula is C9H8ClF2N. The largest absolute Gasteiger partial charge is 0.310 e. The molecule has 4 heteroatoms. The predicted octanol–water partition coefficient (Wildman–Crippen LogP) is 2.65. The monoisotopic (exact) mass is 203 g/mol. The van der Waals surface area contributed by atoms with Crippen LogP contribution in [0, 0.1) is 11.6 Å². The molecule has 0 radical (unpaired) electrons. The zero-order chi connectivity index (χ0) is 9.42. The summed E-state index contributed by atoms with van der Waals surface area (Å²) in [4.78, 5) is 0. The van der Waals surface area contributed by atoms with E-state index in [1.54, 1.807) is 0 Å². The van der Waals surface area contributed by atoms with Gasteiger partial charge in [-0.3, -0.25) is 0 Å². The number of rotatable bonds is 1. The molecule has 1 aliphatic heterocycles. The topological polar surface area (TPSA) is 12.0 Å². The zero-order valence-corrected chi connectivity index (χ0v) is 7.54. The zero-order valence-electron chi connectivity index (χ0n) is 6.78. The minimum Gasteiger partial charge on any atom is -0.310 e. The van der Waals surface area contributed by atoms with Crippen molar-refractivity contribution < 1.29 is 8.78 Å². The molecule has 0 aromatic heterocycles. The minimum absolute atomic E-state index is 0.0231. The summed E-state index contributed by atoms with van der Waals surface area (Å²) in [6.07, 6.45) is 0.758. The molecule has 13 heavy (non-hydrogen) atoms. The first kappa shape index (κ1) is 8.91. The van der Waals surface area contributed by atoms with E-state index in [1.807, 2.05) is 0 Å². The van der Waals surface area contributed by atoms with E-state index in [0.29, 0.717) is 0 Å². The number of hydrogen-bond donors (Lipinski definition) is 1. The molecule has 1 N–H and O–H groups in total. The lowest BCUT2D eigenvalue weighted by atomic mass is 9.97. The maximum absolute atomic E-state index is 13.3. The summed E-state index contributed by atoms with van der Waals surface area (Å²) in [6.45, 7) is 0.802. The van der Waals surface area contributed by atoms with Crippen LogP contribution in [-0.4, -0.2) is 6.54 Å². The van der Waals surface area contributed by atoms with Crippen LogP contribution in [0.2, 0.25) is 5.02 Å². The molecule has 0 unspecified atom stereocenters. The van der Waals surface area contributed by atoms with Crippen molar-refractivity contribution in [2.45, 2.75) is 12.5 Å². The summed E-state index contributed by atoms with van der Waals surface area (Å²) in [6, 6.07) is 2.22. The molecular weight excluding hydrogens is 196 g/mol. The van der Waals surface area contributed by atoms with Crippen LogP contribution < -0.4 is 5.32 Å². The van der Waals surface area contributed by atoms with Crippen LogP contribution in [0.4, 0.5) is 8.78 Å². The molecule has 1 aromatic rings. The molecule has 0 spiro atoms. The Hall–Kier alpha value is -0.670. The summed E-state index contributed by atoms with van der Waals surface area (Å²) in [5.74, 6) is -1.17. The van der Waals surface area contributed by atoms with Gasteiger partial charge in [0.05, 0.1) is 5.02 Å². The molecule has 0 aliphatic carbocycles. The molecule has 1 atom stereocenters. The van der Waals surface area contributed by atoms with E-state index >= 15 is 0 Å². The Labute approximate surface area is 79.7 Å². The quantitative estimate of drug-likeness (QED) is 0.692. The van der Waals surface area contributed by atoms with E-state index in [-0.39, 0.29) is 16.6 Å². The van der Waals surface area contributed by atoms with Crippen LogP contribution in [-0.2, 0) is 0 Å². The van der Waals surface area contributed by atoms with Crippen molar-refractivity contribution in [2.24, 2.45) is 0 Å². The van der Waals surface area contributed by atoms with Gasteiger partial charge < -0.3 is 5.32 Å². The van der Waals surface area contributed by atoms with E-state index in [9.17, 15) is 8.78 Å². The molecule has 2 rings (SSSR count). The van der Waals surface area contributed by atoms with Crippen LogP contribution in [0.5, 0.6) is 0 Å². The van der Waals surface area contributed by atoms with E-state index < -0.39 is 11.6 Å². The van der Waals surface area contributed by atoms with E-state index in [0.717, 1.165) is 13.0 Å². The summed E-state index contributed by atoms with van der Waals surface area (Å²) >= 11 is 5.54. The number of halogens is 3. The second kappa shape index (κ2) is 3.24. The molecule has 70 valence electrons. The molecule has 1 saturated heterocycles. The first-order valence-electron chi connectivity index (χ1n) is 4.07. The van der Waals surface area contributed by atoms with Crippen molar-refractivity contribution in [1.82, 2.24) is 5.32 Å². The van der Waals surface area contributed by atoms with Crippen LogP contribution in [0.15, 0.2) is 12.1 Å². The molecule has 1 nitrogen and oxygen atoms in total. The van der Waals surface area contributed by atoms with Crippen molar-refractivity contribution in [3.05, 3.63) is 34.4 Å². The van der Waals surface area contributed by atoms with Crippen LogP contribution in [0.3, 0.4) is 0 Å². The van der Waals surface area contributed by atoms with E-state index in [4.69, 9.17) is 11.6 Å². The van der Waals surface area contributed by atoms with Gasteiger partial charge in [-0.05, 0) is 25.1 Å². The third-order valence-electron chi connectivity index (χ3n) is 2.25. The molecule has 0 amide bonds. The number of benzene rings is 1. The SMILES string of the molecule is Fc1ccc(Cl)c(F)c1[C@@H]1CCN1. The van der Waals surface area contributed by atoms with E-state index in [2.05, 4.69) is 5.32 Å². The van der Waals surface area contributed by atoms with Gasteiger partial charge in [0.25, 0.3) is 0 Å². The molecule has 0 saturated carbocycles. The van der Waals surface area contributed by atoms with Crippen molar-refractivity contribution in [3.8, 4) is 0 Å². The summed E-state index contributed by atoms with van der Waals surface area (Å²) in [7, 11) is 0. The fraction of sp³-hybridized carbons (Fsp3) is 0.333. The Morgan fingerprint density at radius 1 is 1.38 bits per heavy atom. The third-order valence-corrected chi connectivity index (χ3v) is 2.54. The Bertz CT molecular complexity index is 337. The first-order valence-corrected chi connectivity index (χ1v) is 4.44. The maximum atomic E-state index is 13.3. The van der Waals surface area contributed by atoms with Gasteiger partial charge >= 0.3 is 0 Å². The lowest BCUT2D eigenvalue weighted by molar-refractivity contribution is 0.356. The lowest BCUT2D eigenvalue weighted by Gasteiger charge is -2.28. The van der Waals surface area contributed by atoms with Crippen molar-refractivity contribution in [1.29, 1.82) is 0 Å². The second-order valence-electron chi connectivity index (χ2n) is 3.05. The highest BCUT2D eigenvalue weighted by Crippen LogP contribution is 2.30. The third kappa shape index (κ3) is 1.42. The Kier molecular flexibility index (Phi) is 2.22. The van der Waals surface area contributed by atoms with E-state index in [1.165, 1.54) is 12.1 Å². The average molecular weight is 204 g/mol. The highest BCUT2D eigenvalue weighted by molar-refractivity contribution is 6.30. The van der Waals surface area contributed by atoms with Crippen LogP contribution in [0.25, 0.3) is 0 Å². The Morgan fingerprint density at radius 2 is 2.08 bits per heavy atom. The molecule has 1 heterocycles. The van der Waals surface area contributed by atoms with Gasteiger partial charge in [-0.25, -0.2) is 8.78 Å². The van der Waals surface area contributed by atoms with Gasteiger partial charge in [0.2, 0.25) is 0 Å². The summed E-state index contributed by atoms with van der Waals surface area (Å²) in [5, 5.41) is 2.91. The number of nitrogens with one attached hydrogen (secondary N) is 1. The van der Waals surface area contributed by atoms with Gasteiger partial charge in [0.15, 0.2) is 0 Å². The highest BCUT2D eigenvalue weighted by atomic mass is 35.5. The molecule has 0 bridgehead atoms. The normalized spacial score (nSPS) is 21.3. The maximum Gasteiger partial charge on any atom is 0.149 e. The van der Waals surface area contributed by atoms with Crippen LogP contribution >= 0.6 is 11.6 Å². The van der Waals surface area contributed by atoms with Gasteiger partial charge in [-0.2, -0.15) is 0 Å². The Morgan fingerprint density at radius 3 is 2.62 bits per heavy atom. The smallest absolute Gasteiger partial charge is 0.149 e. The predicted molar refractivity (Wildman–Crippen MR) is 46.7 cm³/mol. The number of hydrogen-bond acceptors (Lipinski definition) is 1. The highest BCUT2D eigenvalue weighted by Gasteiger charge is 2.26. The fourth-order valence-electron chi connectivity index (χ4n) is 1.40. The van der Waals surface area contributed by atoms with Gasteiger partial charge in [-0.1, -0.05) is 11.6 Å². The van der Waals surface area contributed by atoms with Crippen LogP contribution in [0.1, 0.15) is 18.0 Å². The standard InChI is InChI=1S/C9H8ClF2N/c10-5-1-2-6(11)8(9(5)12)7-3-4-13-7/h1-2,7,13H,3-4H2/t7-/m0/s1. The minimum atomic E-state index is -0.640. The summed E-state index contributed by atoms with van der Waals surface area (Å²) < 4.78 is 26.5. The van der Waals surface area contributed by atoms with Gasteiger partial charge in [-0.15, -0.1) is 0 Å². The average Bonchev–Trinajstić information content (AvgIpc) is 2.02. The van der Waals surface area contributed by atoms with Crippen molar-refractivity contribution >= 4 is 11.6 Å². The summed E-state index contributed by atoms with van der Waals surface area (Å²) in [5.41, 5.74) is 0.0683.